The second-order valence-electron chi connectivity index (χ2n) is 10.7. The lowest BCUT2D eigenvalue weighted by Crippen LogP contribution is -2.64. The van der Waals surface area contributed by atoms with Gasteiger partial charge in [0.1, 0.15) is 17.7 Å². The van der Waals surface area contributed by atoms with E-state index in [0.717, 1.165) is 44.5 Å². The smallest absolute Gasteiger partial charge is 0.410 e. The highest BCUT2D eigenvalue weighted by Crippen LogP contribution is 2.34. The summed E-state index contributed by atoms with van der Waals surface area (Å²) >= 11 is 0. The molecule has 1 spiro atoms. The Hall–Kier alpha value is -2.08. The van der Waals surface area contributed by atoms with Crippen LogP contribution in [0.15, 0.2) is 16.6 Å². The number of rotatable bonds is 9. The average molecular weight is 510 g/mol. The summed E-state index contributed by atoms with van der Waals surface area (Å²) in [6.45, 7) is 9.19. The molecule has 0 bridgehead atoms. The molecular weight excluding hydrogens is 465 g/mol. The first kappa shape index (κ1) is 28.5. The van der Waals surface area contributed by atoms with Crippen molar-refractivity contribution in [3.8, 4) is 0 Å². The first-order valence-corrected chi connectivity index (χ1v) is 13.1. The number of carbonyl (C=O) groups is 2. The van der Waals surface area contributed by atoms with E-state index in [9.17, 15) is 14.0 Å². The van der Waals surface area contributed by atoms with Gasteiger partial charge in [0.25, 0.3) is 0 Å². The van der Waals surface area contributed by atoms with E-state index in [1.54, 1.807) is 24.9 Å². The van der Waals surface area contributed by atoms with Crippen molar-refractivity contribution >= 4 is 17.7 Å². The second kappa shape index (κ2) is 12.4. The number of alkyl halides is 1. The Kier molecular flexibility index (Phi) is 9.85. The lowest BCUT2D eigenvalue weighted by atomic mass is 9.88. The fourth-order valence-corrected chi connectivity index (χ4v) is 5.39. The number of nitrogens with two attached hydrogens (primary N) is 2. The number of piperidine rings is 2. The maximum atomic E-state index is 13.9. The van der Waals surface area contributed by atoms with Crippen LogP contribution >= 0.6 is 0 Å². The highest BCUT2D eigenvalue weighted by Gasteiger charge is 2.47. The zero-order valence-corrected chi connectivity index (χ0v) is 22.1. The molecule has 6 N–H and O–H groups in total. The predicted octanol–water partition coefficient (Wildman–Crippen LogP) is 0.765. The van der Waals surface area contributed by atoms with Crippen LogP contribution < -0.4 is 22.1 Å². The molecule has 3 heterocycles. The standard InChI is InChI=1S/C25H44FN7O3/c1-5-17(26)13-30-18(12-16(2)3)21(22(27)28)23(34)31-19-14-29-9-6-20(19)33-10-7-25(8-11-33)15-32(4)24(35)36-25/h12,17,19-22,29H,5-11,13-15,27-28H2,1-4H3,(H,31,34)/b30-18+. The molecule has 0 aromatic heterocycles. The van der Waals surface area contributed by atoms with Gasteiger partial charge in [-0.1, -0.05) is 12.5 Å². The van der Waals surface area contributed by atoms with Gasteiger partial charge in [-0.25, -0.2) is 9.18 Å². The van der Waals surface area contributed by atoms with Gasteiger partial charge in [-0.2, -0.15) is 0 Å². The summed E-state index contributed by atoms with van der Waals surface area (Å²) in [5.74, 6) is -1.18. The van der Waals surface area contributed by atoms with E-state index < -0.39 is 23.9 Å². The topological polar surface area (TPSA) is 138 Å². The van der Waals surface area contributed by atoms with Crippen LogP contribution in [-0.4, -0.2) is 104 Å². The number of likely N-dealkylation sites (tertiary alicyclic amines) is 1. The van der Waals surface area contributed by atoms with Crippen molar-refractivity contribution in [2.45, 2.75) is 76.5 Å². The maximum absolute atomic E-state index is 13.9. The lowest BCUT2D eigenvalue weighted by Gasteiger charge is -2.45. The molecule has 11 heteroatoms. The van der Waals surface area contributed by atoms with Crippen molar-refractivity contribution in [2.75, 3.05) is 46.3 Å². The van der Waals surface area contributed by atoms with E-state index >= 15 is 0 Å². The van der Waals surface area contributed by atoms with Gasteiger partial charge in [0.05, 0.1) is 31.0 Å². The van der Waals surface area contributed by atoms with Crippen molar-refractivity contribution in [3.05, 3.63) is 11.6 Å². The van der Waals surface area contributed by atoms with Gasteiger partial charge < -0.3 is 31.7 Å². The zero-order chi connectivity index (χ0) is 26.5. The summed E-state index contributed by atoms with van der Waals surface area (Å²) in [4.78, 5) is 33.9. The molecule has 3 rings (SSSR count). The predicted molar refractivity (Wildman–Crippen MR) is 138 cm³/mol. The van der Waals surface area contributed by atoms with Gasteiger partial charge in [0.15, 0.2) is 0 Å². The van der Waals surface area contributed by atoms with Crippen molar-refractivity contribution in [1.29, 1.82) is 0 Å². The molecular formula is C25H44FN7O3. The van der Waals surface area contributed by atoms with Gasteiger partial charge in [0.2, 0.25) is 5.91 Å². The third-order valence-corrected chi connectivity index (χ3v) is 7.43. The number of likely N-dealkylation sites (N-methyl/N-ethyl adjacent to an activating group) is 1. The summed E-state index contributed by atoms with van der Waals surface area (Å²) in [7, 11) is 1.77. The SMILES string of the molecule is CCC(F)C/N=C(\C=C(C)C)C(C(=O)NC1CNCCC1N1CCC2(CC1)CN(C)C(=O)O2)C(N)N. The number of halogens is 1. The Morgan fingerprint density at radius 3 is 2.61 bits per heavy atom. The first-order chi connectivity index (χ1) is 17.0. The molecule has 0 radical (unpaired) electrons. The summed E-state index contributed by atoms with van der Waals surface area (Å²) in [6, 6.07) is -0.0101. The summed E-state index contributed by atoms with van der Waals surface area (Å²) in [6.07, 6.45) is 2.21. The number of nitrogens with one attached hydrogen (secondary N) is 2. The molecule has 3 fully saturated rings. The number of carbonyl (C=O) groups excluding carboxylic acids is 2. The van der Waals surface area contributed by atoms with Gasteiger partial charge in [0, 0.05) is 45.6 Å². The van der Waals surface area contributed by atoms with Crippen LogP contribution in [0.5, 0.6) is 0 Å². The minimum atomic E-state index is -1.09. The molecule has 3 aliphatic rings. The van der Waals surface area contributed by atoms with Crippen LogP contribution in [-0.2, 0) is 9.53 Å². The van der Waals surface area contributed by atoms with Gasteiger partial charge in [-0.05, 0) is 39.3 Å². The molecule has 4 unspecified atom stereocenters. The highest BCUT2D eigenvalue weighted by molar-refractivity contribution is 6.10. The van der Waals surface area contributed by atoms with Gasteiger partial charge >= 0.3 is 6.09 Å². The van der Waals surface area contributed by atoms with Crippen LogP contribution in [0.1, 0.15) is 46.5 Å². The van der Waals surface area contributed by atoms with Crippen LogP contribution in [0.4, 0.5) is 9.18 Å². The minimum absolute atomic E-state index is 0.0327. The molecule has 204 valence electrons. The number of hydrogen-bond donors (Lipinski definition) is 4. The van der Waals surface area contributed by atoms with E-state index in [-0.39, 0.29) is 30.6 Å². The number of hydrogen-bond acceptors (Lipinski definition) is 8. The van der Waals surface area contributed by atoms with E-state index in [2.05, 4.69) is 20.5 Å². The van der Waals surface area contributed by atoms with Crippen molar-refractivity contribution in [2.24, 2.45) is 22.4 Å². The highest BCUT2D eigenvalue weighted by atomic mass is 19.1. The third-order valence-electron chi connectivity index (χ3n) is 7.43. The van der Waals surface area contributed by atoms with Gasteiger partial charge in [-0.3, -0.25) is 14.7 Å². The van der Waals surface area contributed by atoms with E-state index in [0.29, 0.717) is 25.2 Å². The second-order valence-corrected chi connectivity index (χ2v) is 10.7. The first-order valence-electron chi connectivity index (χ1n) is 13.1. The summed E-state index contributed by atoms with van der Waals surface area (Å²) < 4.78 is 19.6. The molecule has 0 aromatic rings. The summed E-state index contributed by atoms with van der Waals surface area (Å²) in [5, 5.41) is 6.55. The van der Waals surface area contributed by atoms with Crippen molar-refractivity contribution in [1.82, 2.24) is 20.4 Å². The fourth-order valence-electron chi connectivity index (χ4n) is 5.39. The molecule has 10 nitrogen and oxygen atoms in total. The Bertz CT molecular complexity index is 838. The van der Waals surface area contributed by atoms with E-state index in [4.69, 9.17) is 16.2 Å². The van der Waals surface area contributed by atoms with Crippen LogP contribution in [0, 0.1) is 5.92 Å². The van der Waals surface area contributed by atoms with Crippen molar-refractivity contribution in [3.63, 3.8) is 0 Å². The molecule has 3 saturated heterocycles. The quantitative estimate of drug-likeness (QED) is 0.266. The van der Waals surface area contributed by atoms with Crippen LogP contribution in [0.2, 0.25) is 0 Å². The van der Waals surface area contributed by atoms with Gasteiger partial charge in [-0.15, -0.1) is 0 Å². The monoisotopic (exact) mass is 509 g/mol. The minimum Gasteiger partial charge on any atom is -0.441 e. The number of aliphatic imine (C=N–C) groups is 1. The molecule has 0 saturated carbocycles. The number of ether oxygens (including phenoxy) is 1. The molecule has 0 aromatic carbocycles. The van der Waals surface area contributed by atoms with Crippen molar-refractivity contribution < 1.29 is 18.7 Å². The maximum Gasteiger partial charge on any atom is 0.410 e. The molecule has 36 heavy (non-hydrogen) atoms. The Morgan fingerprint density at radius 1 is 1.36 bits per heavy atom. The lowest BCUT2D eigenvalue weighted by molar-refractivity contribution is -0.125. The van der Waals surface area contributed by atoms with Crippen LogP contribution in [0.3, 0.4) is 0 Å². The number of nitrogens with zero attached hydrogens (tertiary/aromatic N) is 3. The molecule has 4 atom stereocenters. The Balaban J connectivity index is 1.70. The van der Waals surface area contributed by atoms with E-state index in [1.165, 1.54) is 0 Å². The normalized spacial score (nSPS) is 26.6. The molecule has 3 aliphatic heterocycles. The molecule has 2 amide bonds. The summed E-state index contributed by atoms with van der Waals surface area (Å²) in [5.41, 5.74) is 13.1. The van der Waals surface area contributed by atoms with Crippen LogP contribution in [0.25, 0.3) is 0 Å². The van der Waals surface area contributed by atoms with E-state index in [1.807, 2.05) is 13.8 Å². The Labute approximate surface area is 214 Å². The average Bonchev–Trinajstić information content (AvgIpc) is 3.10. The largest absolute Gasteiger partial charge is 0.441 e. The molecule has 0 aliphatic carbocycles. The third kappa shape index (κ3) is 7.02. The number of allylic oxidation sites excluding steroid dienone is 2. The fraction of sp³-hybridized carbons (Fsp3) is 0.800. The zero-order valence-electron chi connectivity index (χ0n) is 22.1. The number of amides is 2. The Morgan fingerprint density at radius 2 is 2.06 bits per heavy atom.